The maximum Gasteiger partial charge on any atom is 0.262 e. The van der Waals surface area contributed by atoms with Gasteiger partial charge in [-0.15, -0.1) is 0 Å². The topological polar surface area (TPSA) is 64.6 Å². The van der Waals surface area contributed by atoms with E-state index < -0.39 is 15.8 Å². The summed E-state index contributed by atoms with van der Waals surface area (Å²) in [4.78, 5) is 0.0291. The molecule has 0 fully saturated rings. The summed E-state index contributed by atoms with van der Waals surface area (Å²) in [5, 5.41) is 0. The first-order valence-electron chi connectivity index (χ1n) is 7.04. The minimum Gasteiger partial charge on any atom is -0.491 e. The number of benzene rings is 2. The fraction of sp³-hybridized carbons (Fsp3) is 0.250. The number of methoxy groups -OCH3 is 1. The summed E-state index contributed by atoms with van der Waals surface area (Å²) in [5.74, 6) is -0.0926. The Hall–Kier alpha value is -1.64. The van der Waals surface area contributed by atoms with E-state index in [1.165, 1.54) is 24.3 Å². The van der Waals surface area contributed by atoms with Gasteiger partial charge in [-0.2, -0.15) is 0 Å². The molecular weight excluding hydrogens is 401 g/mol. The van der Waals surface area contributed by atoms with E-state index in [0.29, 0.717) is 29.0 Å². The minimum absolute atomic E-state index is 0.0291. The zero-order chi connectivity index (χ0) is 17.7. The lowest BCUT2D eigenvalue weighted by atomic mass is 10.2. The Morgan fingerprint density at radius 1 is 1.17 bits per heavy atom. The summed E-state index contributed by atoms with van der Waals surface area (Å²) in [5.41, 5.74) is 0.543. The monoisotopic (exact) mass is 417 g/mol. The summed E-state index contributed by atoms with van der Waals surface area (Å²) in [6.07, 6.45) is 0. The van der Waals surface area contributed by atoms with E-state index in [1.807, 2.05) is 0 Å². The first-order chi connectivity index (χ1) is 11.3. The van der Waals surface area contributed by atoms with Crippen molar-refractivity contribution in [2.24, 2.45) is 0 Å². The fourth-order valence-corrected chi connectivity index (χ4v) is 3.45. The third-order valence-corrected chi connectivity index (χ3v) is 5.03. The van der Waals surface area contributed by atoms with E-state index >= 15 is 0 Å². The van der Waals surface area contributed by atoms with Crippen LogP contribution in [-0.4, -0.2) is 28.7 Å². The van der Waals surface area contributed by atoms with Gasteiger partial charge in [0.2, 0.25) is 0 Å². The Balaban J connectivity index is 2.21. The highest BCUT2D eigenvalue weighted by atomic mass is 79.9. The molecule has 0 saturated heterocycles. The van der Waals surface area contributed by atoms with Gasteiger partial charge in [-0.3, -0.25) is 4.72 Å². The van der Waals surface area contributed by atoms with Crippen LogP contribution in [0.2, 0.25) is 0 Å². The molecule has 0 aliphatic rings. The molecule has 0 aromatic heterocycles. The van der Waals surface area contributed by atoms with Gasteiger partial charge in [-0.25, -0.2) is 12.8 Å². The third kappa shape index (κ3) is 4.68. The van der Waals surface area contributed by atoms with Gasteiger partial charge < -0.3 is 9.47 Å². The lowest BCUT2D eigenvalue weighted by Crippen LogP contribution is -2.14. The molecule has 0 atom stereocenters. The molecule has 1 N–H and O–H groups in total. The summed E-state index contributed by atoms with van der Waals surface area (Å²) in [7, 11) is -2.33. The van der Waals surface area contributed by atoms with Gasteiger partial charge in [0.05, 0.1) is 17.2 Å². The molecule has 0 amide bonds. The Kier molecular flexibility index (Phi) is 6.20. The summed E-state index contributed by atoms with van der Waals surface area (Å²) >= 11 is 3.12. The van der Waals surface area contributed by atoms with Gasteiger partial charge >= 0.3 is 0 Å². The molecule has 0 radical (unpaired) electrons. The van der Waals surface area contributed by atoms with Crippen LogP contribution in [0.5, 0.6) is 5.75 Å². The van der Waals surface area contributed by atoms with Crippen LogP contribution in [0.3, 0.4) is 0 Å². The number of hydrogen-bond acceptors (Lipinski definition) is 4. The van der Waals surface area contributed by atoms with E-state index in [1.54, 1.807) is 26.2 Å². The number of anilines is 1. The molecule has 2 rings (SSSR count). The summed E-state index contributed by atoms with van der Waals surface area (Å²) in [6, 6.07) is 8.55. The number of ether oxygens (including phenoxy) is 2. The first kappa shape index (κ1) is 18.7. The Morgan fingerprint density at radius 2 is 1.92 bits per heavy atom. The largest absolute Gasteiger partial charge is 0.491 e. The highest BCUT2D eigenvalue weighted by Gasteiger charge is 2.17. The minimum atomic E-state index is -3.90. The van der Waals surface area contributed by atoms with Crippen molar-refractivity contribution < 1.29 is 22.3 Å². The van der Waals surface area contributed by atoms with Crippen LogP contribution >= 0.6 is 15.9 Å². The predicted octanol–water partition coefficient (Wildman–Crippen LogP) is 3.72. The maximum atomic E-state index is 13.8. The third-order valence-electron chi connectivity index (χ3n) is 3.18. The standard InChI is InChI=1S/C16H17BrFNO4S/c1-11-9-13(4-6-16(11)23-8-7-22-2)24(20,21)19-15-5-3-12(17)10-14(15)18/h3-6,9-10,19H,7-8H2,1-2H3. The molecule has 0 heterocycles. The van der Waals surface area contributed by atoms with Crippen molar-refractivity contribution >= 4 is 31.6 Å². The van der Waals surface area contributed by atoms with Gasteiger partial charge in [0.15, 0.2) is 0 Å². The second kappa shape index (κ2) is 7.96. The predicted molar refractivity (Wildman–Crippen MR) is 93.5 cm³/mol. The lowest BCUT2D eigenvalue weighted by molar-refractivity contribution is 0.146. The van der Waals surface area contributed by atoms with Crippen LogP contribution in [0.4, 0.5) is 10.1 Å². The number of aryl methyl sites for hydroxylation is 1. The van der Waals surface area contributed by atoms with Crippen molar-refractivity contribution in [1.82, 2.24) is 0 Å². The van der Waals surface area contributed by atoms with Crippen molar-refractivity contribution in [2.75, 3.05) is 25.0 Å². The van der Waals surface area contributed by atoms with Gasteiger partial charge in [-0.1, -0.05) is 15.9 Å². The molecule has 0 aliphatic carbocycles. The highest BCUT2D eigenvalue weighted by Crippen LogP contribution is 2.25. The second-order valence-electron chi connectivity index (χ2n) is 5.00. The average molecular weight is 418 g/mol. The summed E-state index contributed by atoms with van der Waals surface area (Å²) in [6.45, 7) is 2.54. The van der Waals surface area contributed by atoms with E-state index in [9.17, 15) is 12.8 Å². The average Bonchev–Trinajstić information content (AvgIpc) is 2.52. The zero-order valence-electron chi connectivity index (χ0n) is 13.2. The van der Waals surface area contributed by atoms with Crippen LogP contribution in [-0.2, 0) is 14.8 Å². The number of sulfonamides is 1. The molecule has 8 heteroatoms. The lowest BCUT2D eigenvalue weighted by Gasteiger charge is -2.12. The van der Waals surface area contributed by atoms with Gasteiger partial charge in [-0.05, 0) is 48.9 Å². The molecule has 130 valence electrons. The smallest absolute Gasteiger partial charge is 0.262 e. The normalized spacial score (nSPS) is 11.3. The van der Waals surface area contributed by atoms with Crippen LogP contribution in [0.25, 0.3) is 0 Å². The molecule has 0 bridgehead atoms. The molecular formula is C16H17BrFNO4S. The van der Waals surface area contributed by atoms with Crippen molar-refractivity contribution in [2.45, 2.75) is 11.8 Å². The molecule has 24 heavy (non-hydrogen) atoms. The Bertz CT molecular complexity index is 827. The summed E-state index contributed by atoms with van der Waals surface area (Å²) < 4.78 is 51.8. The zero-order valence-corrected chi connectivity index (χ0v) is 15.6. The van der Waals surface area contributed by atoms with Gasteiger partial charge in [0.1, 0.15) is 18.2 Å². The van der Waals surface area contributed by atoms with Gasteiger partial charge in [0.25, 0.3) is 10.0 Å². The molecule has 2 aromatic rings. The van der Waals surface area contributed by atoms with Crippen LogP contribution in [0.15, 0.2) is 45.8 Å². The van der Waals surface area contributed by atoms with E-state index in [0.717, 1.165) is 0 Å². The first-order valence-corrected chi connectivity index (χ1v) is 9.31. The van der Waals surface area contributed by atoms with E-state index in [2.05, 4.69) is 20.7 Å². The fourth-order valence-electron chi connectivity index (χ4n) is 1.96. The molecule has 0 spiro atoms. The Morgan fingerprint density at radius 3 is 2.54 bits per heavy atom. The number of nitrogens with one attached hydrogen (secondary N) is 1. The molecule has 5 nitrogen and oxygen atoms in total. The number of hydrogen-bond donors (Lipinski definition) is 1. The van der Waals surface area contributed by atoms with Crippen molar-refractivity contribution in [3.05, 3.63) is 52.3 Å². The van der Waals surface area contributed by atoms with Crippen molar-refractivity contribution in [1.29, 1.82) is 0 Å². The number of halogens is 2. The van der Waals surface area contributed by atoms with Crippen molar-refractivity contribution in [3.8, 4) is 5.75 Å². The molecule has 2 aromatic carbocycles. The SMILES string of the molecule is COCCOc1ccc(S(=O)(=O)Nc2ccc(Br)cc2F)cc1C. The maximum absolute atomic E-state index is 13.8. The quantitative estimate of drug-likeness (QED) is 0.697. The highest BCUT2D eigenvalue weighted by molar-refractivity contribution is 9.10. The van der Waals surface area contributed by atoms with Gasteiger partial charge in [0, 0.05) is 11.6 Å². The molecule has 0 saturated carbocycles. The Labute approximate surface area is 149 Å². The van der Waals surface area contributed by atoms with Crippen LogP contribution < -0.4 is 9.46 Å². The van der Waals surface area contributed by atoms with E-state index in [-0.39, 0.29) is 10.6 Å². The van der Waals surface area contributed by atoms with Crippen molar-refractivity contribution in [3.63, 3.8) is 0 Å². The molecule has 0 aliphatic heterocycles. The molecule has 0 unspecified atom stereocenters. The van der Waals surface area contributed by atoms with Crippen LogP contribution in [0.1, 0.15) is 5.56 Å². The van der Waals surface area contributed by atoms with E-state index in [4.69, 9.17) is 9.47 Å². The van der Waals surface area contributed by atoms with Crippen LogP contribution in [0, 0.1) is 12.7 Å². The second-order valence-corrected chi connectivity index (χ2v) is 7.60. The number of rotatable bonds is 7.